The van der Waals surface area contributed by atoms with Crippen molar-refractivity contribution in [3.05, 3.63) is 72.0 Å². The summed E-state index contributed by atoms with van der Waals surface area (Å²) in [6.45, 7) is 3.20. The minimum Gasteiger partial charge on any atom is -0.341 e. The first kappa shape index (κ1) is 12.4. The lowest BCUT2D eigenvalue weighted by Gasteiger charge is -2.20. The van der Waals surface area contributed by atoms with Crippen LogP contribution in [0.1, 0.15) is 18.4 Å². The SMILES string of the molecule is CC1CN(c2ccc(F)cc2)c2ccc3ccccc3c21. The average Bonchev–Trinajstić information content (AvgIpc) is 2.86. The Bertz CT molecular complexity index is 807. The molecule has 1 nitrogen and oxygen atoms in total. The first-order valence-electron chi connectivity index (χ1n) is 7.29. The molecule has 2 heteroatoms. The summed E-state index contributed by atoms with van der Waals surface area (Å²) in [5.74, 6) is 0.279. The van der Waals surface area contributed by atoms with Crippen LogP contribution in [0.4, 0.5) is 15.8 Å². The first-order chi connectivity index (χ1) is 10.2. The van der Waals surface area contributed by atoms with Gasteiger partial charge in [0.1, 0.15) is 5.82 Å². The van der Waals surface area contributed by atoms with Gasteiger partial charge in [0.25, 0.3) is 0 Å². The zero-order chi connectivity index (χ0) is 14.4. The second-order valence-electron chi connectivity index (χ2n) is 5.71. The number of hydrogen-bond acceptors (Lipinski definition) is 1. The molecule has 0 aliphatic carbocycles. The lowest BCUT2D eigenvalue weighted by Crippen LogP contribution is -2.14. The van der Waals surface area contributed by atoms with Crippen molar-refractivity contribution in [2.75, 3.05) is 11.4 Å². The summed E-state index contributed by atoms with van der Waals surface area (Å²) in [6, 6.07) is 19.6. The van der Waals surface area contributed by atoms with Crippen LogP contribution >= 0.6 is 0 Å². The topological polar surface area (TPSA) is 3.24 Å². The lowest BCUT2D eigenvalue weighted by molar-refractivity contribution is 0.627. The summed E-state index contributed by atoms with van der Waals surface area (Å²) < 4.78 is 13.1. The van der Waals surface area contributed by atoms with Crippen LogP contribution in [-0.4, -0.2) is 6.54 Å². The van der Waals surface area contributed by atoms with Crippen molar-refractivity contribution in [2.24, 2.45) is 0 Å². The van der Waals surface area contributed by atoms with Gasteiger partial charge in [-0.2, -0.15) is 0 Å². The highest BCUT2D eigenvalue weighted by Gasteiger charge is 2.28. The van der Waals surface area contributed by atoms with Crippen molar-refractivity contribution < 1.29 is 4.39 Å². The Kier molecular flexibility index (Phi) is 2.71. The summed E-state index contributed by atoms with van der Waals surface area (Å²) in [5, 5.41) is 2.61. The molecular weight excluding hydrogens is 261 g/mol. The van der Waals surface area contributed by atoms with Gasteiger partial charge in [-0.25, -0.2) is 4.39 Å². The third-order valence-corrected chi connectivity index (χ3v) is 4.33. The molecule has 104 valence electrons. The van der Waals surface area contributed by atoms with E-state index in [1.54, 1.807) is 0 Å². The largest absolute Gasteiger partial charge is 0.341 e. The molecule has 1 atom stereocenters. The van der Waals surface area contributed by atoms with E-state index in [9.17, 15) is 4.39 Å². The van der Waals surface area contributed by atoms with Gasteiger partial charge in [-0.05, 0) is 46.7 Å². The Morgan fingerprint density at radius 2 is 1.71 bits per heavy atom. The van der Waals surface area contributed by atoms with Crippen molar-refractivity contribution in [2.45, 2.75) is 12.8 Å². The number of benzene rings is 3. The molecule has 1 aliphatic rings. The molecule has 0 aromatic heterocycles. The molecule has 1 aliphatic heterocycles. The van der Waals surface area contributed by atoms with Gasteiger partial charge < -0.3 is 4.90 Å². The predicted octanol–water partition coefficient (Wildman–Crippen LogP) is 5.23. The molecule has 0 amide bonds. The summed E-state index contributed by atoms with van der Waals surface area (Å²) >= 11 is 0. The minimum atomic E-state index is -0.190. The fourth-order valence-corrected chi connectivity index (χ4v) is 3.37. The van der Waals surface area contributed by atoms with E-state index in [-0.39, 0.29) is 5.82 Å². The fraction of sp³-hybridized carbons (Fsp3) is 0.158. The molecule has 3 aromatic carbocycles. The van der Waals surface area contributed by atoms with E-state index in [1.807, 2.05) is 12.1 Å². The number of hydrogen-bond donors (Lipinski definition) is 0. The summed E-state index contributed by atoms with van der Waals surface area (Å²) in [6.07, 6.45) is 0. The summed E-state index contributed by atoms with van der Waals surface area (Å²) in [4.78, 5) is 2.28. The van der Waals surface area contributed by atoms with Crippen LogP contribution in [0.2, 0.25) is 0 Å². The lowest BCUT2D eigenvalue weighted by atomic mass is 9.96. The minimum absolute atomic E-state index is 0.190. The Hall–Kier alpha value is -2.35. The van der Waals surface area contributed by atoms with Crippen molar-refractivity contribution >= 4 is 22.1 Å². The van der Waals surface area contributed by atoms with Gasteiger partial charge >= 0.3 is 0 Å². The standard InChI is InChI=1S/C19H16FN/c1-13-12-21(16-9-7-15(20)8-10-16)18-11-6-14-4-2-3-5-17(14)19(13)18/h2-11,13H,12H2,1H3. The van der Waals surface area contributed by atoms with E-state index in [0.29, 0.717) is 5.92 Å². The van der Waals surface area contributed by atoms with Gasteiger partial charge in [0, 0.05) is 23.8 Å². The van der Waals surface area contributed by atoms with E-state index in [1.165, 1.54) is 34.2 Å². The maximum atomic E-state index is 13.1. The average molecular weight is 277 g/mol. The normalized spacial score (nSPS) is 17.2. The molecule has 0 N–H and O–H groups in total. The Labute approximate surface area is 123 Å². The molecular formula is C19H16FN. The molecule has 0 bridgehead atoms. The number of anilines is 2. The van der Waals surface area contributed by atoms with Crippen molar-refractivity contribution in [1.82, 2.24) is 0 Å². The molecule has 0 saturated carbocycles. The zero-order valence-electron chi connectivity index (χ0n) is 11.9. The van der Waals surface area contributed by atoms with Gasteiger partial charge in [0.05, 0.1) is 0 Å². The molecule has 0 radical (unpaired) electrons. The fourth-order valence-electron chi connectivity index (χ4n) is 3.37. The monoisotopic (exact) mass is 277 g/mol. The number of halogens is 1. The zero-order valence-corrected chi connectivity index (χ0v) is 11.9. The van der Waals surface area contributed by atoms with E-state index in [2.05, 4.69) is 48.2 Å². The van der Waals surface area contributed by atoms with Crippen LogP contribution in [0.25, 0.3) is 10.8 Å². The Morgan fingerprint density at radius 1 is 0.952 bits per heavy atom. The second kappa shape index (κ2) is 4.59. The maximum Gasteiger partial charge on any atom is 0.123 e. The Morgan fingerprint density at radius 3 is 2.52 bits per heavy atom. The second-order valence-corrected chi connectivity index (χ2v) is 5.71. The maximum absolute atomic E-state index is 13.1. The highest BCUT2D eigenvalue weighted by molar-refractivity contribution is 5.93. The van der Waals surface area contributed by atoms with Crippen LogP contribution in [0.3, 0.4) is 0 Å². The summed E-state index contributed by atoms with van der Waals surface area (Å²) in [5.41, 5.74) is 3.70. The van der Waals surface area contributed by atoms with Crippen LogP contribution in [0, 0.1) is 5.82 Å². The molecule has 21 heavy (non-hydrogen) atoms. The van der Waals surface area contributed by atoms with Gasteiger partial charge in [-0.15, -0.1) is 0 Å². The van der Waals surface area contributed by atoms with E-state index in [0.717, 1.165) is 12.2 Å². The Balaban J connectivity index is 1.90. The van der Waals surface area contributed by atoms with Gasteiger partial charge in [-0.3, -0.25) is 0 Å². The van der Waals surface area contributed by atoms with E-state index in [4.69, 9.17) is 0 Å². The van der Waals surface area contributed by atoms with Crippen LogP contribution in [0.15, 0.2) is 60.7 Å². The van der Waals surface area contributed by atoms with Gasteiger partial charge in [0.15, 0.2) is 0 Å². The third kappa shape index (κ3) is 1.90. The smallest absolute Gasteiger partial charge is 0.123 e. The van der Waals surface area contributed by atoms with Crippen molar-refractivity contribution in [3.63, 3.8) is 0 Å². The third-order valence-electron chi connectivity index (χ3n) is 4.33. The van der Waals surface area contributed by atoms with Gasteiger partial charge in [0.2, 0.25) is 0 Å². The highest BCUT2D eigenvalue weighted by Crippen LogP contribution is 2.44. The quantitative estimate of drug-likeness (QED) is 0.588. The highest BCUT2D eigenvalue weighted by atomic mass is 19.1. The number of fused-ring (bicyclic) bond motifs is 3. The molecule has 1 unspecified atom stereocenters. The summed E-state index contributed by atoms with van der Waals surface area (Å²) in [7, 11) is 0. The number of rotatable bonds is 1. The predicted molar refractivity (Wildman–Crippen MR) is 85.8 cm³/mol. The number of nitrogens with zero attached hydrogens (tertiary/aromatic N) is 1. The molecule has 0 saturated heterocycles. The van der Waals surface area contributed by atoms with Crippen LogP contribution in [0.5, 0.6) is 0 Å². The molecule has 0 fully saturated rings. The first-order valence-corrected chi connectivity index (χ1v) is 7.29. The van der Waals surface area contributed by atoms with Crippen LogP contribution in [-0.2, 0) is 0 Å². The molecule has 0 spiro atoms. The molecule has 3 aromatic rings. The van der Waals surface area contributed by atoms with Crippen molar-refractivity contribution in [1.29, 1.82) is 0 Å². The van der Waals surface area contributed by atoms with E-state index < -0.39 is 0 Å². The molecule has 1 heterocycles. The van der Waals surface area contributed by atoms with Gasteiger partial charge in [-0.1, -0.05) is 37.3 Å². The van der Waals surface area contributed by atoms with E-state index >= 15 is 0 Å². The van der Waals surface area contributed by atoms with Crippen molar-refractivity contribution in [3.8, 4) is 0 Å². The molecule has 4 rings (SSSR count). The van der Waals surface area contributed by atoms with Crippen LogP contribution < -0.4 is 4.90 Å².